The molecule has 0 bridgehead atoms. The summed E-state index contributed by atoms with van der Waals surface area (Å²) < 4.78 is 26.7. The molecule has 100 valence electrons. The van der Waals surface area contributed by atoms with Gasteiger partial charge in [0.2, 0.25) is 10.0 Å². The molecule has 0 saturated heterocycles. The molecule has 0 fully saturated rings. The second-order valence-electron chi connectivity index (χ2n) is 3.88. The molecule has 18 heavy (non-hydrogen) atoms. The summed E-state index contributed by atoms with van der Waals surface area (Å²) in [7, 11) is -3.52. The van der Waals surface area contributed by atoms with Crippen LogP contribution in [0.4, 0.5) is 0 Å². The molecule has 1 rings (SSSR count). The van der Waals surface area contributed by atoms with Gasteiger partial charge in [-0.3, -0.25) is 4.98 Å². The van der Waals surface area contributed by atoms with Crippen molar-refractivity contribution in [2.24, 2.45) is 5.73 Å². The minimum absolute atomic E-state index is 0.0646. The molecule has 0 atom stereocenters. The standard InChI is InChI=1S/C11H17N3O2S2/c1-3-8(4-2)14-18(15,16)9-5-6-10(11(12)17)13-7-9/h5-8,14H,3-4H2,1-2H3,(H2,12,17). The van der Waals surface area contributed by atoms with Gasteiger partial charge in [-0.2, -0.15) is 0 Å². The number of nitrogens with two attached hydrogens (primary N) is 1. The zero-order valence-electron chi connectivity index (χ0n) is 10.4. The number of hydrogen-bond donors (Lipinski definition) is 2. The maximum absolute atomic E-state index is 12.0. The summed E-state index contributed by atoms with van der Waals surface area (Å²) in [5.41, 5.74) is 5.81. The molecule has 1 aromatic rings. The Morgan fingerprint density at radius 1 is 1.44 bits per heavy atom. The Morgan fingerprint density at radius 2 is 2.06 bits per heavy atom. The fourth-order valence-corrected chi connectivity index (χ4v) is 2.90. The molecule has 0 spiro atoms. The van der Waals surface area contributed by atoms with Gasteiger partial charge in [-0.25, -0.2) is 13.1 Å². The van der Waals surface area contributed by atoms with Gasteiger partial charge in [0.1, 0.15) is 9.88 Å². The van der Waals surface area contributed by atoms with E-state index in [1.807, 2.05) is 13.8 Å². The van der Waals surface area contributed by atoms with Gasteiger partial charge < -0.3 is 5.73 Å². The molecule has 3 N–H and O–H groups in total. The lowest BCUT2D eigenvalue weighted by Gasteiger charge is -2.14. The molecule has 1 aromatic heterocycles. The van der Waals surface area contributed by atoms with Crippen LogP contribution in [0.25, 0.3) is 0 Å². The zero-order chi connectivity index (χ0) is 13.8. The van der Waals surface area contributed by atoms with Crippen LogP contribution in [0.3, 0.4) is 0 Å². The first kappa shape index (κ1) is 15.0. The summed E-state index contributed by atoms with van der Waals surface area (Å²) in [6.07, 6.45) is 2.75. The van der Waals surface area contributed by atoms with E-state index in [4.69, 9.17) is 18.0 Å². The third-order valence-corrected chi connectivity index (χ3v) is 4.32. The van der Waals surface area contributed by atoms with Crippen molar-refractivity contribution in [3.8, 4) is 0 Å². The van der Waals surface area contributed by atoms with Crippen molar-refractivity contribution in [1.29, 1.82) is 0 Å². The van der Waals surface area contributed by atoms with E-state index in [9.17, 15) is 8.42 Å². The molecule has 0 saturated carbocycles. The highest BCUT2D eigenvalue weighted by molar-refractivity contribution is 7.89. The van der Waals surface area contributed by atoms with Gasteiger partial charge in [0.05, 0.1) is 5.69 Å². The van der Waals surface area contributed by atoms with E-state index < -0.39 is 10.0 Å². The van der Waals surface area contributed by atoms with E-state index in [0.29, 0.717) is 5.69 Å². The number of sulfonamides is 1. The van der Waals surface area contributed by atoms with Gasteiger partial charge in [0, 0.05) is 12.2 Å². The smallest absolute Gasteiger partial charge is 0.242 e. The number of hydrogen-bond acceptors (Lipinski definition) is 4. The first-order valence-corrected chi connectivity index (χ1v) is 7.58. The maximum Gasteiger partial charge on any atom is 0.242 e. The van der Waals surface area contributed by atoms with E-state index in [2.05, 4.69) is 9.71 Å². The van der Waals surface area contributed by atoms with Crippen molar-refractivity contribution < 1.29 is 8.42 Å². The second-order valence-corrected chi connectivity index (χ2v) is 6.03. The molecule has 0 aliphatic rings. The Labute approximate surface area is 113 Å². The monoisotopic (exact) mass is 287 g/mol. The number of aromatic nitrogens is 1. The number of thiocarbonyl (C=S) groups is 1. The topological polar surface area (TPSA) is 85.1 Å². The zero-order valence-corrected chi connectivity index (χ0v) is 12.0. The first-order chi connectivity index (χ1) is 8.40. The Hall–Kier alpha value is -1.05. The molecule has 0 unspecified atom stereocenters. The Morgan fingerprint density at radius 3 is 2.44 bits per heavy atom. The number of rotatable bonds is 6. The minimum Gasteiger partial charge on any atom is -0.388 e. The summed E-state index contributed by atoms with van der Waals surface area (Å²) in [6.45, 7) is 3.87. The summed E-state index contributed by atoms with van der Waals surface area (Å²) in [6, 6.07) is 2.89. The minimum atomic E-state index is -3.52. The molecule has 0 aliphatic carbocycles. The molecule has 0 aliphatic heterocycles. The van der Waals surface area contributed by atoms with Crippen LogP contribution < -0.4 is 10.5 Å². The van der Waals surface area contributed by atoms with Crippen LogP contribution in [-0.4, -0.2) is 24.4 Å². The third-order valence-electron chi connectivity index (χ3n) is 2.61. The van der Waals surface area contributed by atoms with Gasteiger partial charge in [0.15, 0.2) is 0 Å². The fourth-order valence-electron chi connectivity index (χ4n) is 1.43. The van der Waals surface area contributed by atoms with Crippen molar-refractivity contribution in [3.63, 3.8) is 0 Å². The van der Waals surface area contributed by atoms with Crippen LogP contribution in [0.15, 0.2) is 23.2 Å². The molecular weight excluding hydrogens is 270 g/mol. The Bertz CT molecular complexity index is 508. The van der Waals surface area contributed by atoms with Crippen molar-refractivity contribution in [1.82, 2.24) is 9.71 Å². The van der Waals surface area contributed by atoms with E-state index in [1.165, 1.54) is 18.3 Å². The van der Waals surface area contributed by atoms with Crippen LogP contribution in [0.1, 0.15) is 32.4 Å². The second kappa shape index (κ2) is 6.21. The highest BCUT2D eigenvalue weighted by Gasteiger charge is 2.18. The van der Waals surface area contributed by atoms with Gasteiger partial charge in [-0.1, -0.05) is 26.1 Å². The van der Waals surface area contributed by atoms with E-state index in [-0.39, 0.29) is 15.9 Å². The van der Waals surface area contributed by atoms with Gasteiger partial charge in [0.25, 0.3) is 0 Å². The fraction of sp³-hybridized carbons (Fsp3) is 0.455. The molecule has 0 radical (unpaired) electrons. The molecule has 0 amide bonds. The summed E-state index contributed by atoms with van der Waals surface area (Å²) in [5, 5.41) is 0. The first-order valence-electron chi connectivity index (χ1n) is 5.68. The molecule has 1 heterocycles. The molecule has 5 nitrogen and oxygen atoms in total. The largest absolute Gasteiger partial charge is 0.388 e. The SMILES string of the molecule is CCC(CC)NS(=O)(=O)c1ccc(C(N)=S)nc1. The molecule has 7 heteroatoms. The van der Waals surface area contributed by atoms with Gasteiger partial charge >= 0.3 is 0 Å². The molecular formula is C11H17N3O2S2. The highest BCUT2D eigenvalue weighted by atomic mass is 32.2. The Balaban J connectivity index is 2.95. The van der Waals surface area contributed by atoms with Crippen molar-refractivity contribution >= 4 is 27.2 Å². The van der Waals surface area contributed by atoms with Crippen LogP contribution in [0.2, 0.25) is 0 Å². The number of nitrogens with one attached hydrogen (secondary N) is 1. The third kappa shape index (κ3) is 3.72. The summed E-state index contributed by atoms with van der Waals surface area (Å²) in [4.78, 5) is 4.18. The van der Waals surface area contributed by atoms with Gasteiger partial charge in [-0.05, 0) is 25.0 Å². The van der Waals surface area contributed by atoms with Crippen LogP contribution in [-0.2, 0) is 10.0 Å². The summed E-state index contributed by atoms with van der Waals surface area (Å²) in [5.74, 6) is 0. The van der Waals surface area contributed by atoms with Crippen molar-refractivity contribution in [2.75, 3.05) is 0 Å². The van der Waals surface area contributed by atoms with Gasteiger partial charge in [-0.15, -0.1) is 0 Å². The van der Waals surface area contributed by atoms with Crippen LogP contribution in [0, 0.1) is 0 Å². The molecule has 0 aromatic carbocycles. The quantitative estimate of drug-likeness (QED) is 0.768. The maximum atomic E-state index is 12.0. The van der Waals surface area contributed by atoms with E-state index in [1.54, 1.807) is 0 Å². The lowest BCUT2D eigenvalue weighted by molar-refractivity contribution is 0.530. The van der Waals surface area contributed by atoms with Crippen LogP contribution >= 0.6 is 12.2 Å². The van der Waals surface area contributed by atoms with E-state index in [0.717, 1.165) is 12.8 Å². The van der Waals surface area contributed by atoms with Crippen molar-refractivity contribution in [3.05, 3.63) is 24.0 Å². The van der Waals surface area contributed by atoms with Crippen LogP contribution in [0.5, 0.6) is 0 Å². The summed E-state index contributed by atoms with van der Waals surface area (Å²) >= 11 is 4.76. The average molecular weight is 287 g/mol. The highest BCUT2D eigenvalue weighted by Crippen LogP contribution is 2.10. The Kier molecular flexibility index (Phi) is 5.18. The van der Waals surface area contributed by atoms with Crippen molar-refractivity contribution in [2.45, 2.75) is 37.6 Å². The predicted molar refractivity (Wildman–Crippen MR) is 74.8 cm³/mol. The number of nitrogens with zero attached hydrogens (tertiary/aromatic N) is 1. The normalized spacial score (nSPS) is 11.7. The predicted octanol–water partition coefficient (Wildman–Crippen LogP) is 1.18. The number of pyridine rings is 1. The van der Waals surface area contributed by atoms with E-state index >= 15 is 0 Å². The average Bonchev–Trinajstić information content (AvgIpc) is 2.36. The lowest BCUT2D eigenvalue weighted by Crippen LogP contribution is -2.33. The lowest BCUT2D eigenvalue weighted by atomic mass is 10.2.